The Balaban J connectivity index is 2.28. The first kappa shape index (κ1) is 10.7. The van der Waals surface area contributed by atoms with Gasteiger partial charge in [0, 0.05) is 21.8 Å². The second kappa shape index (κ2) is 4.83. The lowest BCUT2D eigenvalue weighted by Crippen LogP contribution is -1.88. The third-order valence-electron chi connectivity index (χ3n) is 1.87. The van der Waals surface area contributed by atoms with Crippen LogP contribution >= 0.6 is 27.7 Å². The molecule has 1 aromatic carbocycles. The van der Waals surface area contributed by atoms with Crippen LogP contribution in [-0.2, 0) is 6.61 Å². The van der Waals surface area contributed by atoms with E-state index in [2.05, 4.69) is 25.9 Å². The fraction of sp³-hybridized carbons (Fsp3) is 0.100. The average Bonchev–Trinajstić information content (AvgIpc) is 2.73. The number of aromatic nitrogens is 2. The summed E-state index contributed by atoms with van der Waals surface area (Å²) in [5.74, 6) is 0. The highest BCUT2D eigenvalue weighted by Crippen LogP contribution is 2.29. The van der Waals surface area contributed by atoms with Crippen molar-refractivity contribution in [2.24, 2.45) is 0 Å². The molecule has 15 heavy (non-hydrogen) atoms. The fourth-order valence-electron chi connectivity index (χ4n) is 1.18. The molecule has 2 N–H and O–H groups in total. The van der Waals surface area contributed by atoms with Crippen LogP contribution in [-0.4, -0.2) is 15.1 Å². The molecule has 0 saturated heterocycles. The van der Waals surface area contributed by atoms with Crippen molar-refractivity contribution in [3.05, 3.63) is 40.6 Å². The molecule has 2 aromatic rings. The van der Waals surface area contributed by atoms with Crippen LogP contribution in [0.1, 0.15) is 5.56 Å². The smallest absolute Gasteiger partial charge is 0.170 e. The van der Waals surface area contributed by atoms with E-state index >= 15 is 0 Å². The van der Waals surface area contributed by atoms with Gasteiger partial charge in [0.15, 0.2) is 5.16 Å². The lowest BCUT2D eigenvalue weighted by atomic mass is 10.2. The summed E-state index contributed by atoms with van der Waals surface area (Å²) in [7, 11) is 0. The van der Waals surface area contributed by atoms with E-state index in [1.54, 1.807) is 12.4 Å². The summed E-state index contributed by atoms with van der Waals surface area (Å²) in [6.07, 6.45) is 3.49. The van der Waals surface area contributed by atoms with Gasteiger partial charge in [-0.25, -0.2) is 4.98 Å². The third kappa shape index (κ3) is 2.62. The van der Waals surface area contributed by atoms with Crippen molar-refractivity contribution in [2.45, 2.75) is 16.7 Å². The van der Waals surface area contributed by atoms with E-state index in [0.29, 0.717) is 0 Å². The van der Waals surface area contributed by atoms with Gasteiger partial charge in [-0.15, -0.1) is 0 Å². The molecular weight excluding hydrogens is 276 g/mol. The summed E-state index contributed by atoms with van der Waals surface area (Å²) in [5, 5.41) is 10.0. The van der Waals surface area contributed by atoms with Crippen molar-refractivity contribution in [1.29, 1.82) is 0 Å². The number of nitrogens with one attached hydrogen (secondary N) is 1. The molecule has 0 aliphatic heterocycles. The zero-order valence-corrected chi connectivity index (χ0v) is 10.2. The van der Waals surface area contributed by atoms with E-state index in [-0.39, 0.29) is 6.61 Å². The van der Waals surface area contributed by atoms with Crippen LogP contribution in [0.5, 0.6) is 0 Å². The quantitative estimate of drug-likeness (QED) is 0.911. The summed E-state index contributed by atoms with van der Waals surface area (Å²) in [6.45, 7) is 0.0302. The highest BCUT2D eigenvalue weighted by Gasteiger charge is 2.05. The molecule has 0 radical (unpaired) electrons. The summed E-state index contributed by atoms with van der Waals surface area (Å²) in [6, 6.07) is 5.82. The Hall–Kier alpha value is -0.780. The number of aliphatic hydroxyl groups excluding tert-OH is 1. The average molecular weight is 285 g/mol. The Bertz CT molecular complexity index is 445. The maximum Gasteiger partial charge on any atom is 0.170 e. The monoisotopic (exact) mass is 284 g/mol. The van der Waals surface area contributed by atoms with E-state index < -0.39 is 0 Å². The summed E-state index contributed by atoms with van der Waals surface area (Å²) >= 11 is 4.88. The first-order chi connectivity index (χ1) is 7.29. The summed E-state index contributed by atoms with van der Waals surface area (Å²) in [4.78, 5) is 8.14. The van der Waals surface area contributed by atoms with Gasteiger partial charge in [-0.1, -0.05) is 27.7 Å². The minimum absolute atomic E-state index is 0.0302. The van der Waals surface area contributed by atoms with Crippen LogP contribution in [0.25, 0.3) is 0 Å². The number of halogens is 1. The topological polar surface area (TPSA) is 48.9 Å². The van der Waals surface area contributed by atoms with Crippen molar-refractivity contribution >= 4 is 27.7 Å². The molecule has 0 amide bonds. The molecule has 0 unspecified atom stereocenters. The van der Waals surface area contributed by atoms with Crippen molar-refractivity contribution in [3.63, 3.8) is 0 Å². The molecule has 0 saturated carbocycles. The number of aliphatic hydroxyl groups is 1. The Morgan fingerprint density at radius 3 is 3.00 bits per heavy atom. The zero-order chi connectivity index (χ0) is 10.7. The van der Waals surface area contributed by atoms with Crippen LogP contribution < -0.4 is 0 Å². The second-order valence-electron chi connectivity index (χ2n) is 2.91. The predicted octanol–water partition coefficient (Wildman–Crippen LogP) is 2.82. The lowest BCUT2D eigenvalue weighted by molar-refractivity contribution is 0.279. The molecule has 0 bridgehead atoms. The van der Waals surface area contributed by atoms with E-state index in [0.717, 1.165) is 20.1 Å². The molecule has 1 aromatic heterocycles. The molecule has 0 aliphatic rings. The van der Waals surface area contributed by atoms with Gasteiger partial charge in [0.1, 0.15) is 0 Å². The zero-order valence-electron chi connectivity index (χ0n) is 7.77. The minimum atomic E-state index is 0.0302. The Morgan fingerprint density at radius 2 is 2.33 bits per heavy atom. The number of benzene rings is 1. The van der Waals surface area contributed by atoms with Gasteiger partial charge in [-0.3, -0.25) is 0 Å². The summed E-state index contributed by atoms with van der Waals surface area (Å²) in [5.41, 5.74) is 0.894. The molecular formula is C10H9BrN2OS. The SMILES string of the molecule is OCc1cc(Br)ccc1Sc1ncc[nH]1. The molecule has 78 valence electrons. The van der Waals surface area contributed by atoms with Gasteiger partial charge >= 0.3 is 0 Å². The van der Waals surface area contributed by atoms with Gasteiger partial charge in [-0.2, -0.15) is 0 Å². The highest BCUT2D eigenvalue weighted by atomic mass is 79.9. The number of nitrogens with zero attached hydrogens (tertiary/aromatic N) is 1. The molecule has 5 heteroatoms. The lowest BCUT2D eigenvalue weighted by Gasteiger charge is -2.05. The second-order valence-corrected chi connectivity index (χ2v) is 4.85. The number of hydrogen-bond donors (Lipinski definition) is 2. The number of aromatic amines is 1. The van der Waals surface area contributed by atoms with Crippen molar-refractivity contribution in [2.75, 3.05) is 0 Å². The van der Waals surface area contributed by atoms with Gasteiger partial charge in [0.05, 0.1) is 6.61 Å². The normalized spacial score (nSPS) is 10.5. The van der Waals surface area contributed by atoms with Gasteiger partial charge < -0.3 is 10.1 Å². The van der Waals surface area contributed by atoms with E-state index in [1.807, 2.05) is 18.2 Å². The molecule has 1 heterocycles. The van der Waals surface area contributed by atoms with Gasteiger partial charge in [0.2, 0.25) is 0 Å². The molecule has 3 nitrogen and oxygen atoms in total. The standard InChI is InChI=1S/C10H9BrN2OS/c11-8-1-2-9(7(5-8)6-14)15-10-12-3-4-13-10/h1-5,14H,6H2,(H,12,13). The van der Waals surface area contributed by atoms with Crippen molar-refractivity contribution in [1.82, 2.24) is 9.97 Å². The van der Waals surface area contributed by atoms with E-state index in [4.69, 9.17) is 0 Å². The fourth-order valence-corrected chi connectivity index (χ4v) is 2.43. The van der Waals surface area contributed by atoms with Crippen LogP contribution in [0.3, 0.4) is 0 Å². The number of rotatable bonds is 3. The third-order valence-corrected chi connectivity index (χ3v) is 3.40. The van der Waals surface area contributed by atoms with Gasteiger partial charge in [-0.05, 0) is 23.8 Å². The Labute approximate surface area is 100 Å². The summed E-state index contributed by atoms with van der Waals surface area (Å²) < 4.78 is 0.968. The first-order valence-corrected chi connectivity index (χ1v) is 5.97. The Kier molecular flexibility index (Phi) is 3.45. The Morgan fingerprint density at radius 1 is 1.47 bits per heavy atom. The van der Waals surface area contributed by atoms with Gasteiger partial charge in [0.25, 0.3) is 0 Å². The largest absolute Gasteiger partial charge is 0.392 e. The molecule has 0 aliphatic carbocycles. The van der Waals surface area contributed by atoms with Crippen molar-refractivity contribution in [3.8, 4) is 0 Å². The van der Waals surface area contributed by atoms with Crippen LogP contribution in [0.2, 0.25) is 0 Å². The van der Waals surface area contributed by atoms with E-state index in [1.165, 1.54) is 11.8 Å². The number of hydrogen-bond acceptors (Lipinski definition) is 3. The van der Waals surface area contributed by atoms with Crippen LogP contribution in [0.15, 0.2) is 45.1 Å². The first-order valence-electron chi connectivity index (χ1n) is 4.36. The van der Waals surface area contributed by atoms with E-state index in [9.17, 15) is 5.11 Å². The number of H-pyrrole nitrogens is 1. The maximum absolute atomic E-state index is 9.21. The highest BCUT2D eigenvalue weighted by molar-refractivity contribution is 9.10. The van der Waals surface area contributed by atoms with Crippen LogP contribution in [0, 0.1) is 0 Å². The maximum atomic E-state index is 9.21. The van der Waals surface area contributed by atoms with Crippen molar-refractivity contribution < 1.29 is 5.11 Å². The predicted molar refractivity (Wildman–Crippen MR) is 62.8 cm³/mol. The number of imidazole rings is 1. The molecule has 2 rings (SSSR count). The molecule has 0 atom stereocenters. The van der Waals surface area contributed by atoms with Crippen LogP contribution in [0.4, 0.5) is 0 Å². The minimum Gasteiger partial charge on any atom is -0.392 e. The molecule has 0 spiro atoms. The molecule has 0 fully saturated rings.